The summed E-state index contributed by atoms with van der Waals surface area (Å²) in [7, 11) is 0. The molecule has 2 rings (SSSR count). The molecular formula is C13H13F3N4O2S. The third-order valence-corrected chi connectivity index (χ3v) is 3.59. The van der Waals surface area contributed by atoms with E-state index in [4.69, 9.17) is 0 Å². The maximum absolute atomic E-state index is 12.0. The maximum atomic E-state index is 12.0. The summed E-state index contributed by atoms with van der Waals surface area (Å²) in [5, 5.41) is 6.27. The molecule has 3 amide bonds. The Labute approximate surface area is 133 Å². The zero-order valence-corrected chi connectivity index (χ0v) is 12.7. The van der Waals surface area contributed by atoms with Gasteiger partial charge in [0.15, 0.2) is 0 Å². The van der Waals surface area contributed by atoms with Crippen LogP contribution in [0.1, 0.15) is 6.92 Å². The van der Waals surface area contributed by atoms with E-state index in [1.807, 2.05) is 5.32 Å². The molecule has 23 heavy (non-hydrogen) atoms. The number of hydrogen-bond donors (Lipinski definition) is 3. The molecule has 0 saturated carbocycles. The van der Waals surface area contributed by atoms with Gasteiger partial charge in [0.2, 0.25) is 5.91 Å². The molecule has 0 unspecified atom stereocenters. The SMILES string of the molecule is C[C@@H](Nc1ccc2ncsc2c1)C(=O)NC(=O)NCC(F)(F)F. The minimum absolute atomic E-state index is 0.639. The number of fused-ring (bicyclic) bond motifs is 1. The van der Waals surface area contributed by atoms with Crippen LogP contribution in [0.4, 0.5) is 23.7 Å². The molecule has 0 saturated heterocycles. The fraction of sp³-hybridized carbons (Fsp3) is 0.308. The number of imide groups is 1. The van der Waals surface area contributed by atoms with E-state index in [9.17, 15) is 22.8 Å². The fourth-order valence-electron chi connectivity index (χ4n) is 1.71. The van der Waals surface area contributed by atoms with Crippen molar-refractivity contribution in [2.24, 2.45) is 0 Å². The van der Waals surface area contributed by atoms with Crippen LogP contribution >= 0.6 is 11.3 Å². The molecular weight excluding hydrogens is 333 g/mol. The molecule has 0 spiro atoms. The van der Waals surface area contributed by atoms with Crippen LogP contribution in [0.5, 0.6) is 0 Å². The second-order valence-electron chi connectivity index (χ2n) is 4.69. The van der Waals surface area contributed by atoms with Crippen molar-refractivity contribution >= 4 is 39.2 Å². The predicted octanol–water partition coefficient (Wildman–Crippen LogP) is 2.48. The van der Waals surface area contributed by atoms with Crippen LogP contribution in [0.3, 0.4) is 0 Å². The first kappa shape index (κ1) is 17.0. The first-order valence-corrected chi connectivity index (χ1v) is 7.38. The molecule has 0 aliphatic carbocycles. The number of carbonyl (C=O) groups is 2. The number of nitrogens with zero attached hydrogens (tertiary/aromatic N) is 1. The normalized spacial score (nSPS) is 12.7. The van der Waals surface area contributed by atoms with Gasteiger partial charge in [0.1, 0.15) is 12.6 Å². The lowest BCUT2D eigenvalue weighted by Gasteiger charge is -2.15. The Bertz CT molecular complexity index is 717. The number of urea groups is 1. The van der Waals surface area contributed by atoms with E-state index < -0.39 is 30.7 Å². The highest BCUT2D eigenvalue weighted by atomic mass is 32.1. The smallest absolute Gasteiger partial charge is 0.374 e. The van der Waals surface area contributed by atoms with Gasteiger partial charge in [-0.1, -0.05) is 0 Å². The molecule has 1 heterocycles. The summed E-state index contributed by atoms with van der Waals surface area (Å²) < 4.78 is 36.8. The van der Waals surface area contributed by atoms with E-state index in [1.165, 1.54) is 18.3 Å². The number of thiazole rings is 1. The Morgan fingerprint density at radius 2 is 2.09 bits per heavy atom. The van der Waals surface area contributed by atoms with Crippen LogP contribution in [-0.4, -0.2) is 35.7 Å². The van der Waals surface area contributed by atoms with Crippen LogP contribution in [0.2, 0.25) is 0 Å². The number of alkyl halides is 3. The van der Waals surface area contributed by atoms with Gasteiger partial charge in [-0.2, -0.15) is 13.2 Å². The highest BCUT2D eigenvalue weighted by Gasteiger charge is 2.28. The van der Waals surface area contributed by atoms with E-state index in [2.05, 4.69) is 10.3 Å². The number of carbonyl (C=O) groups excluding carboxylic acids is 2. The van der Waals surface area contributed by atoms with E-state index in [0.29, 0.717) is 5.69 Å². The second kappa shape index (κ2) is 6.82. The van der Waals surface area contributed by atoms with Crippen LogP contribution in [-0.2, 0) is 4.79 Å². The standard InChI is InChI=1S/C13H13F3N4O2S/c1-7(11(21)20-12(22)17-5-13(14,15)16)19-8-2-3-9-10(4-8)23-6-18-9/h2-4,6-7,19H,5H2,1H3,(H2,17,20,21,22)/t7-/m1/s1. The Morgan fingerprint density at radius 1 is 1.35 bits per heavy atom. The molecule has 0 fully saturated rings. The summed E-state index contributed by atoms with van der Waals surface area (Å²) in [4.78, 5) is 27.1. The summed E-state index contributed by atoms with van der Waals surface area (Å²) >= 11 is 1.43. The average molecular weight is 346 g/mol. The van der Waals surface area contributed by atoms with E-state index in [-0.39, 0.29) is 0 Å². The molecule has 0 radical (unpaired) electrons. The van der Waals surface area contributed by atoms with Gasteiger partial charge in [-0.05, 0) is 25.1 Å². The maximum Gasteiger partial charge on any atom is 0.405 e. The predicted molar refractivity (Wildman–Crippen MR) is 80.3 cm³/mol. The minimum Gasteiger partial charge on any atom is -0.374 e. The van der Waals surface area contributed by atoms with Gasteiger partial charge in [-0.3, -0.25) is 10.1 Å². The monoisotopic (exact) mass is 346 g/mol. The van der Waals surface area contributed by atoms with Gasteiger partial charge in [0.05, 0.1) is 15.7 Å². The van der Waals surface area contributed by atoms with Gasteiger partial charge < -0.3 is 10.6 Å². The van der Waals surface area contributed by atoms with Crippen LogP contribution in [0.15, 0.2) is 23.7 Å². The van der Waals surface area contributed by atoms with E-state index in [0.717, 1.165) is 10.2 Å². The molecule has 1 atom stereocenters. The van der Waals surface area contributed by atoms with Crippen LogP contribution < -0.4 is 16.0 Å². The molecule has 2 aromatic rings. The fourth-order valence-corrected chi connectivity index (χ4v) is 2.42. The number of aromatic nitrogens is 1. The average Bonchev–Trinajstić information content (AvgIpc) is 2.91. The topological polar surface area (TPSA) is 83.1 Å². The zero-order valence-electron chi connectivity index (χ0n) is 11.9. The van der Waals surface area contributed by atoms with Crippen molar-refractivity contribution in [3.05, 3.63) is 23.7 Å². The second-order valence-corrected chi connectivity index (χ2v) is 5.57. The van der Waals surface area contributed by atoms with Crippen molar-refractivity contribution in [1.82, 2.24) is 15.6 Å². The number of amides is 3. The summed E-state index contributed by atoms with van der Waals surface area (Å²) in [6.07, 6.45) is -4.53. The third kappa shape index (κ3) is 5.09. The van der Waals surface area contributed by atoms with Crippen molar-refractivity contribution in [1.29, 1.82) is 0 Å². The highest BCUT2D eigenvalue weighted by Crippen LogP contribution is 2.22. The number of rotatable bonds is 4. The number of halogens is 3. The van der Waals surface area contributed by atoms with E-state index >= 15 is 0 Å². The third-order valence-electron chi connectivity index (χ3n) is 2.79. The Kier molecular flexibility index (Phi) is 5.04. The van der Waals surface area contributed by atoms with Crippen molar-refractivity contribution in [3.8, 4) is 0 Å². The van der Waals surface area contributed by atoms with Gasteiger partial charge in [-0.25, -0.2) is 9.78 Å². The molecule has 6 nitrogen and oxygen atoms in total. The van der Waals surface area contributed by atoms with Gasteiger partial charge in [0, 0.05) is 5.69 Å². The van der Waals surface area contributed by atoms with Gasteiger partial charge >= 0.3 is 12.2 Å². The quantitative estimate of drug-likeness (QED) is 0.794. The lowest BCUT2D eigenvalue weighted by atomic mass is 10.2. The first-order valence-electron chi connectivity index (χ1n) is 6.50. The summed E-state index contributed by atoms with van der Waals surface area (Å²) in [5.74, 6) is -0.742. The first-order chi connectivity index (χ1) is 10.7. The van der Waals surface area contributed by atoms with Crippen molar-refractivity contribution in [3.63, 3.8) is 0 Å². The molecule has 1 aromatic heterocycles. The number of benzene rings is 1. The van der Waals surface area contributed by atoms with Crippen LogP contribution in [0.25, 0.3) is 10.2 Å². The minimum atomic E-state index is -4.53. The summed E-state index contributed by atoms with van der Waals surface area (Å²) in [6, 6.07) is 3.28. The highest BCUT2D eigenvalue weighted by molar-refractivity contribution is 7.16. The van der Waals surface area contributed by atoms with Crippen molar-refractivity contribution < 1.29 is 22.8 Å². The molecule has 3 N–H and O–H groups in total. The molecule has 124 valence electrons. The molecule has 1 aromatic carbocycles. The number of anilines is 1. The van der Waals surface area contributed by atoms with Crippen LogP contribution in [0, 0.1) is 0 Å². The van der Waals surface area contributed by atoms with Crippen molar-refractivity contribution in [2.75, 3.05) is 11.9 Å². The molecule has 10 heteroatoms. The lowest BCUT2D eigenvalue weighted by molar-refractivity contribution is -0.124. The molecule has 0 aliphatic heterocycles. The Morgan fingerprint density at radius 3 is 2.78 bits per heavy atom. The van der Waals surface area contributed by atoms with Crippen molar-refractivity contribution in [2.45, 2.75) is 19.1 Å². The summed E-state index contributed by atoms with van der Waals surface area (Å²) in [5.41, 5.74) is 3.15. The number of nitrogens with one attached hydrogen (secondary N) is 3. The zero-order chi connectivity index (χ0) is 17.0. The summed E-state index contributed by atoms with van der Waals surface area (Å²) in [6.45, 7) is -0.0147. The molecule has 0 bridgehead atoms. The Balaban J connectivity index is 1.88. The largest absolute Gasteiger partial charge is 0.405 e. The Hall–Kier alpha value is -2.36. The van der Waals surface area contributed by atoms with Gasteiger partial charge in [0.25, 0.3) is 0 Å². The number of hydrogen-bond acceptors (Lipinski definition) is 5. The van der Waals surface area contributed by atoms with Gasteiger partial charge in [-0.15, -0.1) is 11.3 Å². The van der Waals surface area contributed by atoms with E-state index in [1.54, 1.807) is 29.0 Å². The lowest BCUT2D eigenvalue weighted by Crippen LogP contribution is -2.47. The molecule has 0 aliphatic rings.